The van der Waals surface area contributed by atoms with Crippen molar-refractivity contribution in [2.75, 3.05) is 25.1 Å². The van der Waals surface area contributed by atoms with E-state index in [1.54, 1.807) is 20.8 Å². The SMILES string of the molecule is CC(C1CCOCC1)[S+](=O)(O)C(C)(C)C(=O)Nc1cc(C(C)(C)CO)no1. The highest BCUT2D eigenvalue weighted by Crippen LogP contribution is 2.35. The number of hydrogen-bond acceptors (Lipinski definition) is 6. The van der Waals surface area contributed by atoms with Crippen molar-refractivity contribution in [1.29, 1.82) is 0 Å². The minimum atomic E-state index is -3.50. The number of aromatic nitrogens is 1. The van der Waals surface area contributed by atoms with E-state index >= 15 is 0 Å². The highest BCUT2D eigenvalue weighted by molar-refractivity contribution is 8.00. The molecule has 3 N–H and O–H groups in total. The molecular formula is C18H31N2O6S+. The van der Waals surface area contributed by atoms with Crippen molar-refractivity contribution < 1.29 is 27.9 Å². The molecule has 2 unspecified atom stereocenters. The summed E-state index contributed by atoms with van der Waals surface area (Å²) in [4.78, 5) is 12.8. The monoisotopic (exact) mass is 403 g/mol. The van der Waals surface area contributed by atoms with Gasteiger partial charge in [0.05, 0.1) is 12.3 Å². The van der Waals surface area contributed by atoms with Gasteiger partial charge in [-0.3, -0.25) is 10.1 Å². The van der Waals surface area contributed by atoms with Crippen LogP contribution in [0, 0.1) is 5.92 Å². The first kappa shape index (κ1) is 22.0. The Hall–Kier alpha value is -1.29. The smallest absolute Gasteiger partial charge is 0.285 e. The highest BCUT2D eigenvalue weighted by Gasteiger charge is 2.57. The van der Waals surface area contributed by atoms with Gasteiger partial charge in [-0.05, 0) is 33.6 Å². The third-order valence-corrected chi connectivity index (χ3v) is 8.59. The van der Waals surface area contributed by atoms with Crippen LogP contribution >= 0.6 is 0 Å². The number of nitrogens with zero attached hydrogens (tertiary/aromatic N) is 1. The normalized spacial score (nSPS) is 20.1. The molecule has 154 valence electrons. The quantitative estimate of drug-likeness (QED) is 0.598. The van der Waals surface area contributed by atoms with Crippen LogP contribution in [0.3, 0.4) is 0 Å². The standard InChI is InChI=1S/C18H30N2O6S/c1-12(13-6-8-25-9-7-13)27(23,24)18(4,5)16(22)19-15-10-14(20-26-15)17(2,3)11-21/h10,12-13,21H,6-9,11H2,1-5H3,(H-,19,20,22,23,24)/p+1. The van der Waals surface area contributed by atoms with Crippen LogP contribution < -0.4 is 5.32 Å². The van der Waals surface area contributed by atoms with E-state index in [0.29, 0.717) is 31.7 Å². The number of aliphatic hydroxyl groups is 1. The summed E-state index contributed by atoms with van der Waals surface area (Å²) in [5.74, 6) is -0.498. The van der Waals surface area contributed by atoms with E-state index in [-0.39, 0.29) is 18.4 Å². The van der Waals surface area contributed by atoms with Gasteiger partial charge in [0.15, 0.2) is 5.25 Å². The Morgan fingerprint density at radius 2 is 1.96 bits per heavy atom. The van der Waals surface area contributed by atoms with Gasteiger partial charge >= 0.3 is 0 Å². The molecule has 0 bridgehead atoms. The summed E-state index contributed by atoms with van der Waals surface area (Å²) in [5, 5.41) is 15.3. The number of carbonyl (C=O) groups is 1. The summed E-state index contributed by atoms with van der Waals surface area (Å²) in [6, 6.07) is 1.52. The third kappa shape index (κ3) is 4.42. The summed E-state index contributed by atoms with van der Waals surface area (Å²) in [6.45, 7) is 9.24. The Kier molecular flexibility index (Phi) is 6.51. The zero-order valence-corrected chi connectivity index (χ0v) is 17.5. The zero-order chi connectivity index (χ0) is 20.5. The number of aliphatic hydroxyl groups excluding tert-OH is 1. The third-order valence-electron chi connectivity index (χ3n) is 5.55. The Morgan fingerprint density at radius 1 is 1.37 bits per heavy atom. The molecule has 27 heavy (non-hydrogen) atoms. The number of hydrogen-bond donors (Lipinski definition) is 3. The molecule has 0 aromatic carbocycles. The summed E-state index contributed by atoms with van der Waals surface area (Å²) >= 11 is 0. The lowest BCUT2D eigenvalue weighted by Gasteiger charge is -2.31. The Labute approximate surface area is 161 Å². The molecule has 2 atom stereocenters. The number of ether oxygens (including phenoxy) is 1. The molecule has 1 saturated heterocycles. The van der Waals surface area contributed by atoms with Gasteiger partial charge in [0, 0.05) is 30.6 Å². The first-order valence-electron chi connectivity index (χ1n) is 9.16. The van der Waals surface area contributed by atoms with Gasteiger partial charge < -0.3 is 14.4 Å². The number of rotatable bonds is 7. The molecule has 0 radical (unpaired) electrons. The predicted octanol–water partition coefficient (Wildman–Crippen LogP) is 2.45. The summed E-state index contributed by atoms with van der Waals surface area (Å²) in [5.41, 5.74) is -0.136. The second-order valence-electron chi connectivity index (χ2n) is 8.31. The molecule has 2 rings (SSSR count). The molecule has 1 aliphatic heterocycles. The van der Waals surface area contributed by atoms with Gasteiger partial charge in [0.25, 0.3) is 5.91 Å². The second kappa shape index (κ2) is 7.98. The van der Waals surface area contributed by atoms with E-state index in [1.165, 1.54) is 19.9 Å². The average molecular weight is 404 g/mol. The fraction of sp³-hybridized carbons (Fsp3) is 0.778. The van der Waals surface area contributed by atoms with E-state index in [4.69, 9.17) is 9.26 Å². The van der Waals surface area contributed by atoms with Crippen LogP contribution in [0.5, 0.6) is 0 Å². The molecule has 1 amide bonds. The lowest BCUT2D eigenvalue weighted by atomic mass is 9.91. The van der Waals surface area contributed by atoms with Crippen LogP contribution in [-0.4, -0.2) is 50.5 Å². The number of nitrogens with one attached hydrogen (secondary N) is 1. The first-order chi connectivity index (χ1) is 12.4. The molecule has 1 aromatic heterocycles. The maximum absolute atomic E-state index is 13.2. The van der Waals surface area contributed by atoms with E-state index in [0.717, 1.165) is 0 Å². The van der Waals surface area contributed by atoms with E-state index in [9.17, 15) is 18.7 Å². The summed E-state index contributed by atoms with van der Waals surface area (Å²) < 4.78 is 33.0. The first-order valence-corrected chi connectivity index (χ1v) is 10.7. The lowest BCUT2D eigenvalue weighted by Crippen LogP contribution is -2.54. The van der Waals surface area contributed by atoms with Crippen LogP contribution in [0.1, 0.15) is 53.2 Å². The predicted molar refractivity (Wildman–Crippen MR) is 103 cm³/mol. The van der Waals surface area contributed by atoms with Crippen LogP contribution in [0.15, 0.2) is 10.6 Å². The molecule has 1 aliphatic rings. The topological polar surface area (TPSA) is 122 Å². The molecule has 1 fully saturated rings. The van der Waals surface area contributed by atoms with Crippen molar-refractivity contribution in [2.45, 2.75) is 62.9 Å². The molecule has 8 nitrogen and oxygen atoms in total. The van der Waals surface area contributed by atoms with Gasteiger partial charge in [0.1, 0.15) is 0 Å². The molecule has 9 heteroatoms. The molecule has 0 aliphatic carbocycles. The van der Waals surface area contributed by atoms with Crippen molar-refractivity contribution in [1.82, 2.24) is 5.16 Å². The number of anilines is 1. The Morgan fingerprint density at radius 3 is 2.52 bits per heavy atom. The van der Waals surface area contributed by atoms with Crippen molar-refractivity contribution in [3.05, 3.63) is 11.8 Å². The maximum Gasteiger partial charge on any atom is 0.285 e. The van der Waals surface area contributed by atoms with Gasteiger partial charge in [-0.15, -0.1) is 0 Å². The van der Waals surface area contributed by atoms with Gasteiger partial charge in [-0.2, -0.15) is 4.55 Å². The zero-order valence-electron chi connectivity index (χ0n) is 16.7. The Bertz CT molecular complexity index is 708. The van der Waals surface area contributed by atoms with Gasteiger partial charge in [-0.25, -0.2) is 0 Å². The molecule has 2 heterocycles. The number of amides is 1. The van der Waals surface area contributed by atoms with Crippen LogP contribution in [0.2, 0.25) is 0 Å². The highest BCUT2D eigenvalue weighted by atomic mass is 32.3. The van der Waals surface area contributed by atoms with Crippen LogP contribution in [-0.2, 0) is 29.4 Å². The van der Waals surface area contributed by atoms with Crippen molar-refractivity contribution in [3.8, 4) is 0 Å². The van der Waals surface area contributed by atoms with Gasteiger partial charge in [0.2, 0.25) is 20.8 Å². The minimum Gasteiger partial charge on any atom is -0.395 e. The van der Waals surface area contributed by atoms with Gasteiger partial charge in [-0.1, -0.05) is 23.2 Å². The van der Waals surface area contributed by atoms with E-state index < -0.39 is 31.5 Å². The van der Waals surface area contributed by atoms with Crippen molar-refractivity contribution in [3.63, 3.8) is 0 Å². The van der Waals surface area contributed by atoms with Crippen LogP contribution in [0.25, 0.3) is 0 Å². The molecule has 0 saturated carbocycles. The van der Waals surface area contributed by atoms with E-state index in [1.807, 2.05) is 0 Å². The van der Waals surface area contributed by atoms with Crippen LogP contribution in [0.4, 0.5) is 5.88 Å². The largest absolute Gasteiger partial charge is 0.395 e. The minimum absolute atomic E-state index is 0.0329. The lowest BCUT2D eigenvalue weighted by molar-refractivity contribution is -0.118. The summed E-state index contributed by atoms with van der Waals surface area (Å²) in [6.07, 6.45) is 1.41. The fourth-order valence-electron chi connectivity index (χ4n) is 3.04. The molecule has 1 aromatic rings. The fourth-order valence-corrected chi connectivity index (χ4v) is 5.08. The van der Waals surface area contributed by atoms with Crippen molar-refractivity contribution >= 4 is 22.0 Å². The molecule has 0 spiro atoms. The average Bonchev–Trinajstić information content (AvgIpc) is 3.10. The second-order valence-corrected chi connectivity index (χ2v) is 11.2. The molecular weight excluding hydrogens is 372 g/mol. The Balaban J connectivity index is 2.14. The summed E-state index contributed by atoms with van der Waals surface area (Å²) in [7, 11) is -3.50. The maximum atomic E-state index is 13.2. The van der Waals surface area contributed by atoms with E-state index in [2.05, 4.69) is 10.5 Å². The number of carbonyl (C=O) groups excluding carboxylic acids is 1. The van der Waals surface area contributed by atoms with Crippen molar-refractivity contribution in [2.24, 2.45) is 5.92 Å².